The topological polar surface area (TPSA) is 105 Å². The fraction of sp³-hybridized carbons (Fsp3) is 0.167. The van der Waals surface area contributed by atoms with Gasteiger partial charge in [0.1, 0.15) is 5.84 Å². The van der Waals surface area contributed by atoms with Crippen LogP contribution in [0, 0.1) is 24.0 Å². The molecule has 0 saturated carbocycles. The molecule has 0 fully saturated rings. The summed E-state index contributed by atoms with van der Waals surface area (Å²) in [6.07, 6.45) is -0.0917. The first-order valence-corrected chi connectivity index (χ1v) is 8.37. The van der Waals surface area contributed by atoms with E-state index in [0.29, 0.717) is 16.3 Å². The average molecular weight is 387 g/mol. The molecular formula is C18H15ClN4O4. The van der Waals surface area contributed by atoms with Gasteiger partial charge in [-0.15, -0.1) is 0 Å². The summed E-state index contributed by atoms with van der Waals surface area (Å²) >= 11 is 6.24. The van der Waals surface area contributed by atoms with E-state index >= 15 is 0 Å². The molecular weight excluding hydrogens is 372 g/mol. The van der Waals surface area contributed by atoms with Crippen LogP contribution in [-0.4, -0.2) is 22.6 Å². The second-order valence-corrected chi connectivity index (χ2v) is 6.41. The maximum Gasteiger partial charge on any atom is 0.270 e. The SMILES string of the molecule is Cc1ccc(N2N=C(NC(=O)c3cccc([N+](=O)[O-])c3)CC2=O)c(C)c1Cl. The lowest BCUT2D eigenvalue weighted by Gasteiger charge is -2.16. The molecule has 0 aliphatic carbocycles. The van der Waals surface area contributed by atoms with Crippen molar-refractivity contribution in [2.24, 2.45) is 5.10 Å². The Morgan fingerprint density at radius 2 is 2.04 bits per heavy atom. The first-order chi connectivity index (χ1) is 12.8. The van der Waals surface area contributed by atoms with E-state index in [1.165, 1.54) is 23.2 Å². The minimum Gasteiger partial charge on any atom is -0.308 e. The summed E-state index contributed by atoms with van der Waals surface area (Å²) in [4.78, 5) is 34.9. The third-order valence-corrected chi connectivity index (χ3v) is 4.71. The van der Waals surface area contributed by atoms with Crippen LogP contribution in [0.1, 0.15) is 27.9 Å². The smallest absolute Gasteiger partial charge is 0.270 e. The van der Waals surface area contributed by atoms with Crippen LogP contribution in [0.2, 0.25) is 5.02 Å². The Morgan fingerprint density at radius 1 is 1.30 bits per heavy atom. The summed E-state index contributed by atoms with van der Waals surface area (Å²) in [5.74, 6) is -0.731. The van der Waals surface area contributed by atoms with Crippen LogP contribution in [-0.2, 0) is 4.79 Å². The highest BCUT2D eigenvalue weighted by molar-refractivity contribution is 6.32. The molecule has 3 rings (SSSR count). The highest BCUT2D eigenvalue weighted by Crippen LogP contribution is 2.31. The van der Waals surface area contributed by atoms with Gasteiger partial charge in [-0.25, -0.2) is 0 Å². The zero-order valence-electron chi connectivity index (χ0n) is 14.5. The number of non-ortho nitro benzene ring substituents is 1. The lowest BCUT2D eigenvalue weighted by atomic mass is 10.1. The molecule has 9 heteroatoms. The van der Waals surface area contributed by atoms with E-state index in [2.05, 4.69) is 10.4 Å². The van der Waals surface area contributed by atoms with Crippen molar-refractivity contribution in [3.05, 3.63) is 68.2 Å². The van der Waals surface area contributed by atoms with Crippen LogP contribution < -0.4 is 10.3 Å². The highest BCUT2D eigenvalue weighted by Gasteiger charge is 2.28. The highest BCUT2D eigenvalue weighted by atomic mass is 35.5. The number of aryl methyl sites for hydroxylation is 1. The summed E-state index contributed by atoms with van der Waals surface area (Å²) in [5, 5.41) is 19.3. The number of hydrazone groups is 1. The molecule has 1 aliphatic rings. The summed E-state index contributed by atoms with van der Waals surface area (Å²) in [6.45, 7) is 3.64. The van der Waals surface area contributed by atoms with Gasteiger partial charge in [-0.1, -0.05) is 23.7 Å². The Hall–Kier alpha value is -3.26. The molecule has 0 aromatic heterocycles. The van der Waals surface area contributed by atoms with Gasteiger partial charge in [-0.3, -0.25) is 19.7 Å². The second-order valence-electron chi connectivity index (χ2n) is 6.03. The standard InChI is InChI=1S/C18H15ClN4O4/c1-10-6-7-14(11(2)17(10)19)22-16(24)9-15(21-22)20-18(25)12-4-3-5-13(8-12)23(26)27/h3-8H,9H2,1-2H3,(H,20,21,25). The number of nitro groups is 1. The van der Waals surface area contributed by atoms with E-state index in [1.54, 1.807) is 19.1 Å². The Balaban J connectivity index is 1.83. The van der Waals surface area contributed by atoms with Crippen molar-refractivity contribution in [2.75, 3.05) is 5.01 Å². The number of carbonyl (C=O) groups is 2. The van der Waals surface area contributed by atoms with Crippen molar-refractivity contribution < 1.29 is 14.5 Å². The first-order valence-electron chi connectivity index (χ1n) is 8.00. The van der Waals surface area contributed by atoms with E-state index < -0.39 is 10.8 Å². The van der Waals surface area contributed by atoms with E-state index in [-0.39, 0.29) is 29.4 Å². The van der Waals surface area contributed by atoms with Gasteiger partial charge in [0, 0.05) is 22.7 Å². The molecule has 8 nitrogen and oxygen atoms in total. The number of halogens is 1. The van der Waals surface area contributed by atoms with Gasteiger partial charge < -0.3 is 5.32 Å². The van der Waals surface area contributed by atoms with Crippen molar-refractivity contribution >= 4 is 40.6 Å². The molecule has 0 atom stereocenters. The van der Waals surface area contributed by atoms with Gasteiger partial charge in [0.05, 0.1) is 17.0 Å². The minimum absolute atomic E-state index is 0.0917. The maximum absolute atomic E-state index is 12.3. The van der Waals surface area contributed by atoms with E-state index in [0.717, 1.165) is 11.6 Å². The predicted molar refractivity (Wildman–Crippen MR) is 101 cm³/mol. The molecule has 138 valence electrons. The molecule has 1 heterocycles. The van der Waals surface area contributed by atoms with Crippen LogP contribution >= 0.6 is 11.6 Å². The zero-order valence-corrected chi connectivity index (χ0v) is 15.3. The third kappa shape index (κ3) is 3.65. The number of benzene rings is 2. The minimum atomic E-state index is -0.584. The number of rotatable bonds is 3. The van der Waals surface area contributed by atoms with Crippen molar-refractivity contribution in [1.82, 2.24) is 5.32 Å². The summed E-state index contributed by atoms with van der Waals surface area (Å²) in [5.41, 5.74) is 2.04. The number of anilines is 1. The quantitative estimate of drug-likeness (QED) is 0.645. The number of amidine groups is 1. The van der Waals surface area contributed by atoms with Crippen molar-refractivity contribution in [1.29, 1.82) is 0 Å². The van der Waals surface area contributed by atoms with E-state index in [4.69, 9.17) is 11.6 Å². The molecule has 27 heavy (non-hydrogen) atoms. The van der Waals surface area contributed by atoms with Gasteiger partial charge in [-0.2, -0.15) is 10.1 Å². The van der Waals surface area contributed by atoms with E-state index in [1.807, 2.05) is 6.92 Å². The molecule has 1 N–H and O–H groups in total. The Bertz CT molecular complexity index is 1000. The lowest BCUT2D eigenvalue weighted by molar-refractivity contribution is -0.384. The van der Waals surface area contributed by atoms with Gasteiger partial charge >= 0.3 is 0 Å². The third-order valence-electron chi connectivity index (χ3n) is 4.13. The van der Waals surface area contributed by atoms with Crippen molar-refractivity contribution in [3.63, 3.8) is 0 Å². The fourth-order valence-corrected chi connectivity index (χ4v) is 2.85. The Labute approximate surface area is 159 Å². The molecule has 2 aromatic rings. The number of carbonyl (C=O) groups excluding carboxylic acids is 2. The summed E-state index contributed by atoms with van der Waals surface area (Å²) in [7, 11) is 0. The van der Waals surface area contributed by atoms with Crippen LogP contribution in [0.5, 0.6) is 0 Å². The maximum atomic E-state index is 12.3. The normalized spacial score (nSPS) is 13.5. The number of hydrogen-bond acceptors (Lipinski definition) is 5. The van der Waals surface area contributed by atoms with Gasteiger partial charge in [0.15, 0.2) is 0 Å². The van der Waals surface area contributed by atoms with Crippen LogP contribution in [0.3, 0.4) is 0 Å². The molecule has 2 amide bonds. The van der Waals surface area contributed by atoms with Crippen molar-refractivity contribution in [2.45, 2.75) is 20.3 Å². The fourth-order valence-electron chi connectivity index (χ4n) is 2.69. The van der Waals surface area contributed by atoms with Crippen LogP contribution in [0.25, 0.3) is 0 Å². The largest absolute Gasteiger partial charge is 0.308 e. The summed E-state index contributed by atoms with van der Waals surface area (Å²) in [6, 6.07) is 8.84. The molecule has 0 spiro atoms. The zero-order chi connectivity index (χ0) is 19.7. The van der Waals surface area contributed by atoms with Crippen LogP contribution in [0.15, 0.2) is 41.5 Å². The molecule has 2 aromatic carbocycles. The number of nitro benzene ring substituents is 1. The number of nitrogens with zero attached hydrogens (tertiary/aromatic N) is 3. The summed E-state index contributed by atoms with van der Waals surface area (Å²) < 4.78 is 0. The number of hydrogen-bond donors (Lipinski definition) is 1. The monoisotopic (exact) mass is 386 g/mol. The van der Waals surface area contributed by atoms with Crippen LogP contribution in [0.4, 0.5) is 11.4 Å². The Kier molecular flexibility index (Phi) is 4.91. The first kappa shape index (κ1) is 18.5. The van der Waals surface area contributed by atoms with Crippen molar-refractivity contribution in [3.8, 4) is 0 Å². The number of amides is 2. The van der Waals surface area contributed by atoms with E-state index in [9.17, 15) is 19.7 Å². The lowest BCUT2D eigenvalue weighted by Crippen LogP contribution is -2.29. The number of nitrogens with one attached hydrogen (secondary N) is 1. The molecule has 0 saturated heterocycles. The predicted octanol–water partition coefficient (Wildman–Crippen LogP) is 3.35. The molecule has 1 aliphatic heterocycles. The Morgan fingerprint density at radius 3 is 2.74 bits per heavy atom. The van der Waals surface area contributed by atoms with Gasteiger partial charge in [0.2, 0.25) is 0 Å². The second kappa shape index (κ2) is 7.16. The molecule has 0 radical (unpaired) electrons. The van der Waals surface area contributed by atoms with Gasteiger partial charge in [-0.05, 0) is 37.1 Å². The van der Waals surface area contributed by atoms with Gasteiger partial charge in [0.25, 0.3) is 17.5 Å². The molecule has 0 unspecified atom stereocenters. The average Bonchev–Trinajstić information content (AvgIpc) is 3.00. The molecule has 0 bridgehead atoms.